The molecule has 1 aromatic rings. The zero-order valence-electron chi connectivity index (χ0n) is 13.0. The molecule has 21 heavy (non-hydrogen) atoms. The van der Waals surface area contributed by atoms with Crippen molar-refractivity contribution in [2.24, 2.45) is 0 Å². The van der Waals surface area contributed by atoms with Crippen LogP contribution in [0, 0.1) is 5.82 Å². The van der Waals surface area contributed by atoms with E-state index in [-0.39, 0.29) is 5.82 Å². The SMILES string of the molecule is CCCCN(CC1CCCN1)C(C)c1ccc(F)c(Br)c1. The maximum atomic E-state index is 13.4. The van der Waals surface area contributed by atoms with Crippen molar-refractivity contribution in [1.82, 2.24) is 10.2 Å². The van der Waals surface area contributed by atoms with Crippen LogP contribution in [0.3, 0.4) is 0 Å². The van der Waals surface area contributed by atoms with Gasteiger partial charge in [-0.1, -0.05) is 19.4 Å². The summed E-state index contributed by atoms with van der Waals surface area (Å²) in [6.07, 6.45) is 4.96. The fourth-order valence-electron chi connectivity index (χ4n) is 2.98. The molecular formula is C17H26BrFN2. The maximum Gasteiger partial charge on any atom is 0.137 e. The van der Waals surface area contributed by atoms with E-state index in [1.807, 2.05) is 12.1 Å². The van der Waals surface area contributed by atoms with Crippen LogP contribution in [0.4, 0.5) is 4.39 Å². The van der Waals surface area contributed by atoms with Gasteiger partial charge in [0, 0.05) is 18.6 Å². The number of halogens is 2. The van der Waals surface area contributed by atoms with Crippen molar-refractivity contribution in [2.45, 2.75) is 51.6 Å². The lowest BCUT2D eigenvalue weighted by Gasteiger charge is -2.32. The van der Waals surface area contributed by atoms with Crippen molar-refractivity contribution in [2.75, 3.05) is 19.6 Å². The largest absolute Gasteiger partial charge is 0.313 e. The van der Waals surface area contributed by atoms with Gasteiger partial charge in [0.15, 0.2) is 0 Å². The molecule has 0 bridgehead atoms. The number of rotatable bonds is 7. The molecule has 1 heterocycles. The first-order valence-electron chi connectivity index (χ1n) is 8.04. The van der Waals surface area contributed by atoms with E-state index >= 15 is 0 Å². The summed E-state index contributed by atoms with van der Waals surface area (Å²) in [4.78, 5) is 2.53. The van der Waals surface area contributed by atoms with Crippen molar-refractivity contribution >= 4 is 15.9 Å². The molecule has 2 unspecified atom stereocenters. The van der Waals surface area contributed by atoms with Gasteiger partial charge in [0.2, 0.25) is 0 Å². The third-order valence-corrected chi connectivity index (χ3v) is 5.00. The van der Waals surface area contributed by atoms with E-state index in [1.165, 1.54) is 31.2 Å². The van der Waals surface area contributed by atoms with Crippen molar-refractivity contribution in [1.29, 1.82) is 0 Å². The van der Waals surface area contributed by atoms with Gasteiger partial charge in [0.1, 0.15) is 5.82 Å². The van der Waals surface area contributed by atoms with E-state index in [9.17, 15) is 4.39 Å². The second-order valence-corrected chi connectivity index (χ2v) is 6.85. The highest BCUT2D eigenvalue weighted by Crippen LogP contribution is 2.26. The highest BCUT2D eigenvalue weighted by atomic mass is 79.9. The average Bonchev–Trinajstić information content (AvgIpc) is 2.98. The topological polar surface area (TPSA) is 15.3 Å². The summed E-state index contributed by atoms with van der Waals surface area (Å²) in [6, 6.07) is 6.30. The van der Waals surface area contributed by atoms with Gasteiger partial charge < -0.3 is 5.32 Å². The van der Waals surface area contributed by atoms with E-state index in [0.717, 1.165) is 19.6 Å². The first-order valence-corrected chi connectivity index (χ1v) is 8.83. The fourth-order valence-corrected chi connectivity index (χ4v) is 3.38. The van der Waals surface area contributed by atoms with E-state index < -0.39 is 0 Å². The summed E-state index contributed by atoms with van der Waals surface area (Å²) in [7, 11) is 0. The zero-order chi connectivity index (χ0) is 15.2. The average molecular weight is 357 g/mol. The Labute approximate surface area is 136 Å². The molecule has 0 aromatic heterocycles. The molecule has 0 saturated carbocycles. The Hall–Kier alpha value is -0.450. The summed E-state index contributed by atoms with van der Waals surface area (Å²) < 4.78 is 14.0. The molecule has 118 valence electrons. The molecule has 1 N–H and O–H groups in total. The Morgan fingerprint density at radius 3 is 2.90 bits per heavy atom. The van der Waals surface area contributed by atoms with Crippen molar-refractivity contribution in [3.8, 4) is 0 Å². The van der Waals surface area contributed by atoms with Gasteiger partial charge in [0.05, 0.1) is 4.47 Å². The first kappa shape index (κ1) is 16.9. The van der Waals surface area contributed by atoms with Crippen LogP contribution in [0.1, 0.15) is 51.1 Å². The first-order chi connectivity index (χ1) is 10.1. The zero-order valence-corrected chi connectivity index (χ0v) is 14.6. The molecule has 1 aromatic carbocycles. The van der Waals surface area contributed by atoms with Crippen LogP contribution in [0.5, 0.6) is 0 Å². The third kappa shape index (κ3) is 4.76. The van der Waals surface area contributed by atoms with Gasteiger partial charge in [-0.25, -0.2) is 4.39 Å². The monoisotopic (exact) mass is 356 g/mol. The molecule has 1 fully saturated rings. The fraction of sp³-hybridized carbons (Fsp3) is 0.647. The molecule has 0 spiro atoms. The van der Waals surface area contributed by atoms with Crippen LogP contribution < -0.4 is 5.32 Å². The second kappa shape index (κ2) is 8.25. The quantitative estimate of drug-likeness (QED) is 0.773. The summed E-state index contributed by atoms with van der Waals surface area (Å²) in [5, 5.41) is 3.58. The highest BCUT2D eigenvalue weighted by Gasteiger charge is 2.22. The minimum atomic E-state index is -0.191. The Morgan fingerprint density at radius 1 is 1.48 bits per heavy atom. The number of hydrogen-bond acceptors (Lipinski definition) is 2. The summed E-state index contributed by atoms with van der Waals surface area (Å²) in [5.74, 6) is -0.191. The van der Waals surface area contributed by atoms with Gasteiger partial charge in [-0.05, 0) is 72.9 Å². The van der Waals surface area contributed by atoms with Gasteiger partial charge in [0.25, 0.3) is 0 Å². The number of nitrogens with zero attached hydrogens (tertiary/aromatic N) is 1. The van der Waals surface area contributed by atoms with Crippen molar-refractivity contribution < 1.29 is 4.39 Å². The lowest BCUT2D eigenvalue weighted by molar-refractivity contribution is 0.189. The van der Waals surface area contributed by atoms with Crippen LogP contribution in [0.2, 0.25) is 0 Å². The second-order valence-electron chi connectivity index (χ2n) is 5.99. The van der Waals surface area contributed by atoms with Crippen molar-refractivity contribution in [3.05, 3.63) is 34.1 Å². The maximum absolute atomic E-state index is 13.4. The predicted molar refractivity (Wildman–Crippen MR) is 90.0 cm³/mol. The van der Waals surface area contributed by atoms with Gasteiger partial charge in [-0.15, -0.1) is 0 Å². The molecule has 0 aliphatic carbocycles. The third-order valence-electron chi connectivity index (χ3n) is 4.39. The highest BCUT2D eigenvalue weighted by molar-refractivity contribution is 9.10. The molecule has 4 heteroatoms. The predicted octanol–water partition coefficient (Wildman–Crippen LogP) is 4.50. The van der Waals surface area contributed by atoms with E-state index in [2.05, 4.69) is 40.0 Å². The molecular weight excluding hydrogens is 331 g/mol. The number of benzene rings is 1. The Morgan fingerprint density at radius 2 is 2.29 bits per heavy atom. The summed E-state index contributed by atoms with van der Waals surface area (Å²) in [6.45, 7) is 7.78. The van der Waals surface area contributed by atoms with Gasteiger partial charge in [-0.2, -0.15) is 0 Å². The smallest absolute Gasteiger partial charge is 0.137 e. The van der Waals surface area contributed by atoms with Crippen molar-refractivity contribution in [3.63, 3.8) is 0 Å². The molecule has 1 aliphatic heterocycles. The van der Waals surface area contributed by atoms with E-state index in [1.54, 1.807) is 6.07 Å². The lowest BCUT2D eigenvalue weighted by atomic mass is 10.0. The van der Waals surface area contributed by atoms with E-state index in [4.69, 9.17) is 0 Å². The Bertz CT molecular complexity index is 446. The van der Waals surface area contributed by atoms with Gasteiger partial charge >= 0.3 is 0 Å². The van der Waals surface area contributed by atoms with Crippen LogP contribution in [-0.2, 0) is 0 Å². The molecule has 1 saturated heterocycles. The van der Waals surface area contributed by atoms with Gasteiger partial charge in [-0.3, -0.25) is 4.90 Å². The van der Waals surface area contributed by atoms with Crippen LogP contribution in [0.15, 0.2) is 22.7 Å². The molecule has 2 rings (SSSR count). The molecule has 2 nitrogen and oxygen atoms in total. The molecule has 0 amide bonds. The van der Waals surface area contributed by atoms with E-state index in [0.29, 0.717) is 16.6 Å². The molecule has 0 radical (unpaired) electrons. The number of hydrogen-bond donors (Lipinski definition) is 1. The molecule has 1 aliphatic rings. The molecule has 2 atom stereocenters. The van der Waals surface area contributed by atoms with Crippen LogP contribution in [0.25, 0.3) is 0 Å². The minimum Gasteiger partial charge on any atom is -0.313 e. The van der Waals surface area contributed by atoms with Crippen LogP contribution in [-0.4, -0.2) is 30.6 Å². The Balaban J connectivity index is 2.07. The summed E-state index contributed by atoms with van der Waals surface area (Å²) >= 11 is 3.30. The minimum absolute atomic E-state index is 0.191. The standard InChI is InChI=1S/C17H26BrFN2/c1-3-4-10-21(12-15-6-5-9-20-15)13(2)14-7-8-17(19)16(18)11-14/h7-8,11,13,15,20H,3-6,9-10,12H2,1-2H3. The number of nitrogens with one attached hydrogen (secondary N) is 1. The summed E-state index contributed by atoms with van der Waals surface area (Å²) in [5.41, 5.74) is 1.18. The Kier molecular flexibility index (Phi) is 6.65. The normalized spacial score (nSPS) is 20.1. The number of unbranched alkanes of at least 4 members (excludes halogenated alkanes) is 1. The lowest BCUT2D eigenvalue weighted by Crippen LogP contribution is -2.39. The van der Waals surface area contributed by atoms with Crippen LogP contribution >= 0.6 is 15.9 Å².